The van der Waals surface area contributed by atoms with Crippen molar-refractivity contribution in [3.63, 3.8) is 0 Å². The average Bonchev–Trinajstić information content (AvgIpc) is 2.59. The fraction of sp³-hybridized carbons (Fsp3) is 0.211. The Morgan fingerprint density at radius 3 is 2.46 bits per heavy atom. The van der Waals surface area contributed by atoms with Gasteiger partial charge in [0.25, 0.3) is 11.8 Å². The molecule has 2 amide bonds. The number of nitrogens with zero attached hydrogens (tertiary/aromatic N) is 1. The lowest BCUT2D eigenvalue weighted by molar-refractivity contribution is -0.126. The topological polar surface area (TPSA) is 79.8 Å². The number of carbonyl (C=O) groups is 2. The number of nitrogens with one attached hydrogen (secondary N) is 2. The second-order valence-corrected chi connectivity index (χ2v) is 6.70. The summed E-state index contributed by atoms with van der Waals surface area (Å²) in [5, 5.41) is 9.00. The monoisotopic (exact) mass is 417 g/mol. The normalized spacial score (nSPS) is 11.8. The molecule has 7 heteroatoms. The highest BCUT2D eigenvalue weighted by molar-refractivity contribution is 9.10. The fourth-order valence-corrected chi connectivity index (χ4v) is 2.38. The highest BCUT2D eigenvalue weighted by Crippen LogP contribution is 2.16. The molecule has 0 radical (unpaired) electrons. The summed E-state index contributed by atoms with van der Waals surface area (Å²) >= 11 is 3.33. The van der Waals surface area contributed by atoms with Crippen LogP contribution in [0.3, 0.4) is 0 Å². The smallest absolute Gasteiger partial charge is 0.270 e. The van der Waals surface area contributed by atoms with Crippen molar-refractivity contribution in [3.8, 4) is 0 Å². The van der Waals surface area contributed by atoms with E-state index >= 15 is 0 Å². The molecule has 0 heterocycles. The Morgan fingerprint density at radius 1 is 1.12 bits per heavy atom. The number of halogens is 1. The molecular formula is C19H20BrN3O3. The number of hydrogen-bond donors (Lipinski definition) is 2. The lowest BCUT2D eigenvalue weighted by Gasteiger charge is -2.10. The minimum Gasteiger partial charge on any atom is -0.383 e. The first-order valence-electron chi connectivity index (χ1n) is 7.99. The molecule has 1 atom stereocenters. The van der Waals surface area contributed by atoms with Gasteiger partial charge in [0.05, 0.1) is 0 Å². The van der Waals surface area contributed by atoms with Crippen LogP contribution in [0.4, 0.5) is 11.4 Å². The van der Waals surface area contributed by atoms with Crippen LogP contribution < -0.4 is 10.6 Å². The summed E-state index contributed by atoms with van der Waals surface area (Å²) in [6.07, 6.45) is 0.159. The standard InChI is InChI=1S/C19H20BrN3O3/c1-12-4-9-17(13(2)10-12)23-18(24)11-21-26-14(3)19(25)22-16-7-5-15(20)6-8-16/h4-11,14H,1-3H3,(H,22,25)(H,23,24)/b21-11-/t14-/m0/s1. The van der Waals surface area contributed by atoms with Gasteiger partial charge in [-0.05, 0) is 56.7 Å². The van der Waals surface area contributed by atoms with Crippen LogP contribution in [0, 0.1) is 13.8 Å². The number of hydrogen-bond acceptors (Lipinski definition) is 4. The Labute approximate surface area is 160 Å². The number of amides is 2. The van der Waals surface area contributed by atoms with E-state index in [2.05, 4.69) is 31.7 Å². The van der Waals surface area contributed by atoms with Crippen molar-refractivity contribution < 1.29 is 14.4 Å². The van der Waals surface area contributed by atoms with Crippen LogP contribution in [0.5, 0.6) is 0 Å². The first-order valence-corrected chi connectivity index (χ1v) is 8.78. The molecule has 6 nitrogen and oxygen atoms in total. The van der Waals surface area contributed by atoms with E-state index in [0.29, 0.717) is 11.4 Å². The second kappa shape index (κ2) is 9.15. The Kier molecular flexibility index (Phi) is 6.91. The maximum Gasteiger partial charge on any atom is 0.270 e. The van der Waals surface area contributed by atoms with Crippen molar-refractivity contribution in [2.24, 2.45) is 5.16 Å². The van der Waals surface area contributed by atoms with E-state index in [9.17, 15) is 9.59 Å². The maximum atomic E-state index is 12.0. The average molecular weight is 418 g/mol. The molecule has 136 valence electrons. The van der Waals surface area contributed by atoms with Gasteiger partial charge in [-0.3, -0.25) is 9.59 Å². The summed E-state index contributed by atoms with van der Waals surface area (Å²) in [5.74, 6) is -0.795. The molecule has 2 rings (SSSR count). The van der Waals surface area contributed by atoms with Crippen LogP contribution in [-0.4, -0.2) is 24.1 Å². The van der Waals surface area contributed by atoms with Crippen LogP contribution in [0.1, 0.15) is 18.1 Å². The predicted octanol–water partition coefficient (Wildman–Crippen LogP) is 4.03. The Hall–Kier alpha value is -2.67. The first-order chi connectivity index (χ1) is 12.3. The third-order valence-electron chi connectivity index (χ3n) is 3.51. The minimum atomic E-state index is -0.844. The molecule has 0 saturated heterocycles. The van der Waals surface area contributed by atoms with Crippen molar-refractivity contribution in [2.45, 2.75) is 26.9 Å². The molecule has 0 aliphatic rings. The Bertz CT molecular complexity index is 819. The van der Waals surface area contributed by atoms with Crippen LogP contribution in [0.2, 0.25) is 0 Å². The number of rotatable bonds is 6. The molecule has 26 heavy (non-hydrogen) atoms. The molecular weight excluding hydrogens is 398 g/mol. The predicted molar refractivity (Wildman–Crippen MR) is 106 cm³/mol. The molecule has 0 saturated carbocycles. The molecule has 0 fully saturated rings. The summed E-state index contributed by atoms with van der Waals surface area (Å²) in [5.41, 5.74) is 3.41. The van der Waals surface area contributed by atoms with Crippen LogP contribution >= 0.6 is 15.9 Å². The fourth-order valence-electron chi connectivity index (χ4n) is 2.11. The number of oxime groups is 1. The number of benzene rings is 2. The lowest BCUT2D eigenvalue weighted by Crippen LogP contribution is -2.26. The van der Waals surface area contributed by atoms with Gasteiger partial charge < -0.3 is 15.5 Å². The van der Waals surface area contributed by atoms with Gasteiger partial charge in [0.15, 0.2) is 0 Å². The summed E-state index contributed by atoms with van der Waals surface area (Å²) in [7, 11) is 0. The zero-order valence-electron chi connectivity index (χ0n) is 14.7. The third kappa shape index (κ3) is 6.00. The van der Waals surface area contributed by atoms with Crippen molar-refractivity contribution in [1.29, 1.82) is 0 Å². The zero-order valence-corrected chi connectivity index (χ0v) is 16.3. The Morgan fingerprint density at radius 2 is 1.81 bits per heavy atom. The molecule has 0 aliphatic carbocycles. The van der Waals surface area contributed by atoms with E-state index in [0.717, 1.165) is 21.8 Å². The van der Waals surface area contributed by atoms with Gasteiger partial charge in [-0.1, -0.05) is 38.8 Å². The molecule has 2 N–H and O–H groups in total. The zero-order chi connectivity index (χ0) is 19.1. The molecule has 0 bridgehead atoms. The van der Waals surface area contributed by atoms with Crippen LogP contribution in [-0.2, 0) is 14.4 Å². The van der Waals surface area contributed by atoms with Crippen molar-refractivity contribution in [1.82, 2.24) is 0 Å². The van der Waals surface area contributed by atoms with Crippen molar-refractivity contribution in [3.05, 3.63) is 58.1 Å². The van der Waals surface area contributed by atoms with Crippen molar-refractivity contribution >= 4 is 45.3 Å². The number of anilines is 2. The lowest BCUT2D eigenvalue weighted by atomic mass is 10.1. The molecule has 0 spiro atoms. The van der Waals surface area contributed by atoms with Gasteiger partial charge in [0.2, 0.25) is 6.10 Å². The molecule has 2 aromatic carbocycles. The molecule has 0 aliphatic heterocycles. The molecule has 2 aromatic rings. The van der Waals surface area contributed by atoms with Gasteiger partial charge in [-0.15, -0.1) is 0 Å². The second-order valence-electron chi connectivity index (χ2n) is 5.79. The summed E-state index contributed by atoms with van der Waals surface area (Å²) in [4.78, 5) is 28.9. The highest BCUT2D eigenvalue weighted by Gasteiger charge is 2.14. The SMILES string of the molecule is Cc1ccc(NC(=O)/C=N\O[C@@H](C)C(=O)Nc2ccc(Br)cc2)c(C)c1. The van der Waals surface area contributed by atoms with Crippen molar-refractivity contribution in [2.75, 3.05) is 10.6 Å². The van der Waals surface area contributed by atoms with Gasteiger partial charge >= 0.3 is 0 Å². The van der Waals surface area contributed by atoms with Gasteiger partial charge in [-0.2, -0.15) is 0 Å². The quantitative estimate of drug-likeness (QED) is 0.549. The van der Waals surface area contributed by atoms with E-state index in [-0.39, 0.29) is 5.91 Å². The summed E-state index contributed by atoms with van der Waals surface area (Å²) in [6, 6.07) is 12.9. The van der Waals surface area contributed by atoms with E-state index in [1.165, 1.54) is 0 Å². The van der Waals surface area contributed by atoms with E-state index in [1.807, 2.05) is 44.2 Å². The Balaban J connectivity index is 1.83. The minimum absolute atomic E-state index is 0.362. The van der Waals surface area contributed by atoms with E-state index < -0.39 is 12.0 Å². The third-order valence-corrected chi connectivity index (χ3v) is 4.04. The van der Waals surface area contributed by atoms with E-state index in [4.69, 9.17) is 4.84 Å². The van der Waals surface area contributed by atoms with Gasteiger partial charge in [-0.25, -0.2) is 0 Å². The largest absolute Gasteiger partial charge is 0.383 e. The van der Waals surface area contributed by atoms with Gasteiger partial charge in [0, 0.05) is 15.8 Å². The van der Waals surface area contributed by atoms with Gasteiger partial charge in [0.1, 0.15) is 6.21 Å². The van der Waals surface area contributed by atoms with E-state index in [1.54, 1.807) is 19.1 Å². The number of aryl methyl sites for hydroxylation is 2. The van der Waals surface area contributed by atoms with Crippen LogP contribution in [0.25, 0.3) is 0 Å². The summed E-state index contributed by atoms with van der Waals surface area (Å²) < 4.78 is 0.916. The highest BCUT2D eigenvalue weighted by atomic mass is 79.9. The first kappa shape index (κ1) is 19.7. The number of carbonyl (C=O) groups excluding carboxylic acids is 2. The molecule has 0 aromatic heterocycles. The summed E-state index contributed by atoms with van der Waals surface area (Å²) in [6.45, 7) is 5.44. The van der Waals surface area contributed by atoms with Crippen LogP contribution in [0.15, 0.2) is 52.1 Å². The maximum absolute atomic E-state index is 12.0. The molecule has 0 unspecified atom stereocenters.